The summed E-state index contributed by atoms with van der Waals surface area (Å²) in [5, 5.41) is 0. The summed E-state index contributed by atoms with van der Waals surface area (Å²) in [5.41, 5.74) is 2.65. The Bertz CT molecular complexity index is 617. The summed E-state index contributed by atoms with van der Waals surface area (Å²) in [5.74, 6) is 1.84. The number of nitrogens with zero attached hydrogens (tertiary/aromatic N) is 2. The maximum absolute atomic E-state index is 5.23. The molecular formula is C20H26N2O2. The van der Waals surface area contributed by atoms with Gasteiger partial charge in [-0.1, -0.05) is 12.1 Å². The SMILES string of the molecule is COc1ccc(CCN2CCN(c3ccc(OC)cc3)CC2)cc1. The number of ether oxygens (including phenoxy) is 2. The van der Waals surface area contributed by atoms with Gasteiger partial charge in [0.05, 0.1) is 14.2 Å². The minimum absolute atomic E-state index is 0.914. The molecule has 1 aliphatic heterocycles. The number of hydrogen-bond donors (Lipinski definition) is 0. The first-order valence-corrected chi connectivity index (χ1v) is 8.53. The van der Waals surface area contributed by atoms with Crippen LogP contribution in [0.2, 0.25) is 0 Å². The van der Waals surface area contributed by atoms with Gasteiger partial charge < -0.3 is 14.4 Å². The van der Waals surface area contributed by atoms with Crippen molar-refractivity contribution in [2.45, 2.75) is 6.42 Å². The molecule has 4 nitrogen and oxygen atoms in total. The van der Waals surface area contributed by atoms with E-state index in [1.165, 1.54) is 11.3 Å². The molecule has 0 N–H and O–H groups in total. The fourth-order valence-electron chi connectivity index (χ4n) is 3.10. The molecule has 0 atom stereocenters. The first-order valence-electron chi connectivity index (χ1n) is 8.53. The van der Waals surface area contributed by atoms with Crippen LogP contribution in [0.1, 0.15) is 5.56 Å². The largest absolute Gasteiger partial charge is 0.497 e. The van der Waals surface area contributed by atoms with Gasteiger partial charge in [-0.15, -0.1) is 0 Å². The van der Waals surface area contributed by atoms with Crippen LogP contribution in [0, 0.1) is 0 Å². The fourth-order valence-corrected chi connectivity index (χ4v) is 3.10. The van der Waals surface area contributed by atoms with Crippen LogP contribution in [0.4, 0.5) is 5.69 Å². The second-order valence-electron chi connectivity index (χ2n) is 6.12. The van der Waals surface area contributed by atoms with Crippen molar-refractivity contribution < 1.29 is 9.47 Å². The van der Waals surface area contributed by atoms with E-state index in [0.29, 0.717) is 0 Å². The number of piperazine rings is 1. The number of benzene rings is 2. The lowest BCUT2D eigenvalue weighted by Crippen LogP contribution is -2.46. The van der Waals surface area contributed by atoms with Gasteiger partial charge in [0.1, 0.15) is 11.5 Å². The maximum atomic E-state index is 5.23. The lowest BCUT2D eigenvalue weighted by Gasteiger charge is -2.36. The number of rotatable bonds is 6. The third-order valence-corrected chi connectivity index (χ3v) is 4.69. The summed E-state index contributed by atoms with van der Waals surface area (Å²) < 4.78 is 10.4. The Kier molecular flexibility index (Phi) is 5.59. The molecule has 0 saturated carbocycles. The van der Waals surface area contributed by atoms with Crippen molar-refractivity contribution in [2.75, 3.05) is 51.8 Å². The predicted molar refractivity (Wildman–Crippen MR) is 98.3 cm³/mol. The Morgan fingerprint density at radius 1 is 0.750 bits per heavy atom. The van der Waals surface area contributed by atoms with E-state index < -0.39 is 0 Å². The van der Waals surface area contributed by atoms with Crippen LogP contribution in [0.5, 0.6) is 11.5 Å². The van der Waals surface area contributed by atoms with Crippen molar-refractivity contribution >= 4 is 5.69 Å². The lowest BCUT2D eigenvalue weighted by atomic mass is 10.1. The molecule has 128 valence electrons. The standard InChI is InChI=1S/C20H26N2O2/c1-23-19-7-3-17(4-8-19)11-12-21-13-15-22(16-14-21)18-5-9-20(24-2)10-6-18/h3-10H,11-16H2,1-2H3. The second kappa shape index (κ2) is 8.06. The topological polar surface area (TPSA) is 24.9 Å². The maximum Gasteiger partial charge on any atom is 0.119 e. The van der Waals surface area contributed by atoms with Crippen LogP contribution in [0.3, 0.4) is 0 Å². The monoisotopic (exact) mass is 326 g/mol. The molecule has 4 heteroatoms. The smallest absolute Gasteiger partial charge is 0.119 e. The van der Waals surface area contributed by atoms with E-state index in [0.717, 1.165) is 50.6 Å². The van der Waals surface area contributed by atoms with E-state index >= 15 is 0 Å². The Hall–Kier alpha value is -2.20. The first-order chi connectivity index (χ1) is 11.8. The van der Waals surface area contributed by atoms with Crippen molar-refractivity contribution in [3.63, 3.8) is 0 Å². The van der Waals surface area contributed by atoms with Gasteiger partial charge in [0.25, 0.3) is 0 Å². The van der Waals surface area contributed by atoms with E-state index in [2.05, 4.69) is 34.1 Å². The third-order valence-electron chi connectivity index (χ3n) is 4.69. The van der Waals surface area contributed by atoms with Crippen LogP contribution in [0.25, 0.3) is 0 Å². The van der Waals surface area contributed by atoms with Crippen LogP contribution in [-0.2, 0) is 6.42 Å². The van der Waals surface area contributed by atoms with Gasteiger partial charge in [0.2, 0.25) is 0 Å². The molecule has 1 aliphatic rings. The zero-order chi connectivity index (χ0) is 16.8. The molecule has 3 rings (SSSR count). The van der Waals surface area contributed by atoms with Crippen molar-refractivity contribution in [1.82, 2.24) is 4.90 Å². The summed E-state index contributed by atoms with van der Waals surface area (Å²) in [6.45, 7) is 5.50. The average molecular weight is 326 g/mol. The van der Waals surface area contributed by atoms with E-state index in [1.807, 2.05) is 24.3 Å². The van der Waals surface area contributed by atoms with Gasteiger partial charge >= 0.3 is 0 Å². The number of anilines is 1. The summed E-state index contributed by atoms with van der Waals surface area (Å²) >= 11 is 0. The average Bonchev–Trinajstić information content (AvgIpc) is 2.67. The van der Waals surface area contributed by atoms with Crippen molar-refractivity contribution in [3.05, 3.63) is 54.1 Å². The quantitative estimate of drug-likeness (QED) is 0.814. The zero-order valence-electron chi connectivity index (χ0n) is 14.6. The molecule has 0 unspecified atom stereocenters. The highest BCUT2D eigenvalue weighted by molar-refractivity contribution is 5.49. The molecule has 1 fully saturated rings. The zero-order valence-corrected chi connectivity index (χ0v) is 14.6. The summed E-state index contributed by atoms with van der Waals surface area (Å²) in [7, 11) is 3.41. The Labute approximate surface area is 144 Å². The highest BCUT2D eigenvalue weighted by Gasteiger charge is 2.16. The molecule has 1 saturated heterocycles. The van der Waals surface area contributed by atoms with Gasteiger partial charge in [-0.3, -0.25) is 4.90 Å². The van der Waals surface area contributed by atoms with Gasteiger partial charge in [-0.25, -0.2) is 0 Å². The van der Waals surface area contributed by atoms with Gasteiger partial charge in [0, 0.05) is 38.4 Å². The molecule has 2 aromatic rings. The minimum Gasteiger partial charge on any atom is -0.497 e. The molecule has 0 bridgehead atoms. The van der Waals surface area contributed by atoms with E-state index in [-0.39, 0.29) is 0 Å². The highest BCUT2D eigenvalue weighted by Crippen LogP contribution is 2.20. The van der Waals surface area contributed by atoms with Crippen molar-refractivity contribution in [3.8, 4) is 11.5 Å². The molecule has 24 heavy (non-hydrogen) atoms. The second-order valence-corrected chi connectivity index (χ2v) is 6.12. The number of methoxy groups -OCH3 is 2. The normalized spacial score (nSPS) is 15.3. The molecule has 0 aromatic heterocycles. The molecular weight excluding hydrogens is 300 g/mol. The van der Waals surface area contributed by atoms with Crippen molar-refractivity contribution in [1.29, 1.82) is 0 Å². The predicted octanol–water partition coefficient (Wildman–Crippen LogP) is 3.07. The third kappa shape index (κ3) is 4.20. The van der Waals surface area contributed by atoms with Crippen LogP contribution < -0.4 is 14.4 Å². The molecule has 1 heterocycles. The molecule has 2 aromatic carbocycles. The first kappa shape index (κ1) is 16.7. The van der Waals surface area contributed by atoms with E-state index in [1.54, 1.807) is 14.2 Å². The van der Waals surface area contributed by atoms with E-state index in [4.69, 9.17) is 9.47 Å². The minimum atomic E-state index is 0.914. The Balaban J connectivity index is 1.45. The summed E-state index contributed by atoms with van der Waals surface area (Å²) in [6.07, 6.45) is 1.09. The van der Waals surface area contributed by atoms with E-state index in [9.17, 15) is 0 Å². The fraction of sp³-hybridized carbons (Fsp3) is 0.400. The molecule has 0 radical (unpaired) electrons. The van der Waals surface area contributed by atoms with Crippen LogP contribution in [0.15, 0.2) is 48.5 Å². The van der Waals surface area contributed by atoms with Crippen molar-refractivity contribution in [2.24, 2.45) is 0 Å². The van der Waals surface area contributed by atoms with Gasteiger partial charge in [-0.2, -0.15) is 0 Å². The summed E-state index contributed by atoms with van der Waals surface area (Å²) in [6, 6.07) is 16.8. The van der Waals surface area contributed by atoms with Crippen LogP contribution in [-0.4, -0.2) is 51.8 Å². The van der Waals surface area contributed by atoms with Gasteiger partial charge in [-0.05, 0) is 48.4 Å². The Morgan fingerprint density at radius 2 is 1.29 bits per heavy atom. The highest BCUT2D eigenvalue weighted by atomic mass is 16.5. The van der Waals surface area contributed by atoms with Gasteiger partial charge in [0.15, 0.2) is 0 Å². The Morgan fingerprint density at radius 3 is 1.83 bits per heavy atom. The molecule has 0 amide bonds. The molecule has 0 spiro atoms. The summed E-state index contributed by atoms with van der Waals surface area (Å²) in [4.78, 5) is 4.99. The lowest BCUT2D eigenvalue weighted by molar-refractivity contribution is 0.261. The van der Waals surface area contributed by atoms with Crippen LogP contribution >= 0.6 is 0 Å². The molecule has 0 aliphatic carbocycles. The number of hydrogen-bond acceptors (Lipinski definition) is 4.